The Kier molecular flexibility index (Phi) is 5.15. The lowest BCUT2D eigenvalue weighted by Crippen LogP contribution is -2.33. The van der Waals surface area contributed by atoms with Gasteiger partial charge in [-0.2, -0.15) is 13.2 Å². The van der Waals surface area contributed by atoms with E-state index in [2.05, 4.69) is 15.3 Å². The van der Waals surface area contributed by atoms with Crippen molar-refractivity contribution in [2.45, 2.75) is 52.4 Å². The van der Waals surface area contributed by atoms with E-state index in [1.165, 1.54) is 12.1 Å². The maximum Gasteiger partial charge on any atom is 0.416 e. The van der Waals surface area contributed by atoms with Gasteiger partial charge in [-0.1, -0.05) is 12.1 Å². The molecule has 0 radical (unpaired) electrons. The number of nitrogens with one attached hydrogen (secondary N) is 1. The van der Waals surface area contributed by atoms with Gasteiger partial charge in [-0.3, -0.25) is 4.79 Å². The SMILES string of the molecule is Cc1nc(N[C@@H](C)c2cccc(C(F)(F)F)c2)c2cn(C(C)(C)C)c(=O)cc2n1. The number of hydrogen-bond acceptors (Lipinski definition) is 4. The second-order valence-electron chi connectivity index (χ2n) is 8.06. The molecule has 0 unspecified atom stereocenters. The average molecular weight is 404 g/mol. The smallest absolute Gasteiger partial charge is 0.363 e. The topological polar surface area (TPSA) is 59.8 Å². The summed E-state index contributed by atoms with van der Waals surface area (Å²) in [6.45, 7) is 9.20. The highest BCUT2D eigenvalue weighted by Crippen LogP contribution is 2.32. The molecule has 0 aliphatic rings. The third-order valence-corrected chi connectivity index (χ3v) is 4.63. The molecule has 5 nitrogen and oxygen atoms in total. The van der Waals surface area contributed by atoms with Crippen molar-refractivity contribution in [1.82, 2.24) is 14.5 Å². The number of aryl methyl sites for hydroxylation is 1. The van der Waals surface area contributed by atoms with E-state index in [-0.39, 0.29) is 5.56 Å². The number of rotatable bonds is 3. The van der Waals surface area contributed by atoms with Crippen LogP contribution >= 0.6 is 0 Å². The fourth-order valence-corrected chi connectivity index (χ4v) is 3.13. The predicted octanol–water partition coefficient (Wildman–Crippen LogP) is 5.05. The van der Waals surface area contributed by atoms with Gasteiger partial charge in [-0.15, -0.1) is 0 Å². The van der Waals surface area contributed by atoms with Crippen LogP contribution in [0.25, 0.3) is 10.9 Å². The van der Waals surface area contributed by atoms with E-state index in [4.69, 9.17) is 0 Å². The van der Waals surface area contributed by atoms with E-state index >= 15 is 0 Å². The molecule has 0 bridgehead atoms. The number of halogens is 3. The van der Waals surface area contributed by atoms with Crippen molar-refractivity contribution in [3.63, 3.8) is 0 Å². The van der Waals surface area contributed by atoms with E-state index in [9.17, 15) is 18.0 Å². The van der Waals surface area contributed by atoms with Crippen LogP contribution in [0.1, 0.15) is 50.7 Å². The Morgan fingerprint density at radius 2 is 1.79 bits per heavy atom. The van der Waals surface area contributed by atoms with Gasteiger partial charge in [-0.25, -0.2) is 9.97 Å². The number of aromatic nitrogens is 3. The molecular weight excluding hydrogens is 381 g/mol. The van der Waals surface area contributed by atoms with Crippen LogP contribution in [0.2, 0.25) is 0 Å². The van der Waals surface area contributed by atoms with E-state index in [0.717, 1.165) is 12.1 Å². The Hall–Kier alpha value is -2.90. The number of hydrogen-bond donors (Lipinski definition) is 1. The number of fused-ring (bicyclic) bond motifs is 1. The molecule has 2 heterocycles. The molecule has 1 aromatic carbocycles. The van der Waals surface area contributed by atoms with E-state index in [1.54, 1.807) is 30.7 Å². The van der Waals surface area contributed by atoms with Gasteiger partial charge in [0.2, 0.25) is 0 Å². The molecule has 0 aliphatic heterocycles. The summed E-state index contributed by atoms with van der Waals surface area (Å²) < 4.78 is 40.7. The van der Waals surface area contributed by atoms with Crippen LogP contribution in [0.4, 0.5) is 19.0 Å². The number of alkyl halides is 3. The van der Waals surface area contributed by atoms with Crippen molar-refractivity contribution in [1.29, 1.82) is 0 Å². The Morgan fingerprint density at radius 3 is 2.41 bits per heavy atom. The summed E-state index contributed by atoms with van der Waals surface area (Å²) in [5.41, 5.74) is -0.357. The lowest BCUT2D eigenvalue weighted by atomic mass is 10.0. The monoisotopic (exact) mass is 404 g/mol. The normalized spacial score (nSPS) is 13.5. The molecule has 3 rings (SSSR count). The average Bonchev–Trinajstić information content (AvgIpc) is 2.59. The summed E-state index contributed by atoms with van der Waals surface area (Å²) >= 11 is 0. The van der Waals surface area contributed by atoms with Gasteiger partial charge < -0.3 is 9.88 Å². The maximum atomic E-state index is 13.0. The van der Waals surface area contributed by atoms with Crippen LogP contribution in [0.15, 0.2) is 41.3 Å². The van der Waals surface area contributed by atoms with Crippen molar-refractivity contribution in [3.8, 4) is 0 Å². The fraction of sp³-hybridized carbons (Fsp3) is 0.381. The molecule has 1 atom stereocenters. The first-order chi connectivity index (χ1) is 13.4. The predicted molar refractivity (Wildman–Crippen MR) is 107 cm³/mol. The minimum atomic E-state index is -4.41. The van der Waals surface area contributed by atoms with Crippen molar-refractivity contribution < 1.29 is 13.2 Å². The summed E-state index contributed by atoms with van der Waals surface area (Å²) in [4.78, 5) is 21.2. The summed E-state index contributed by atoms with van der Waals surface area (Å²) in [6, 6.07) is 6.20. The summed E-state index contributed by atoms with van der Waals surface area (Å²) in [5.74, 6) is 0.930. The van der Waals surface area contributed by atoms with E-state index in [1.807, 2.05) is 20.8 Å². The Morgan fingerprint density at radius 1 is 1.10 bits per heavy atom. The van der Waals surface area contributed by atoms with Gasteiger partial charge in [0.05, 0.1) is 16.5 Å². The molecule has 0 amide bonds. The Labute approximate surface area is 166 Å². The molecule has 0 aliphatic carbocycles. The minimum Gasteiger partial charge on any atom is -0.363 e. The molecule has 2 aromatic heterocycles. The highest BCUT2D eigenvalue weighted by atomic mass is 19.4. The molecule has 154 valence electrons. The third kappa shape index (κ3) is 4.41. The number of pyridine rings is 1. The van der Waals surface area contributed by atoms with Crippen LogP contribution in [-0.4, -0.2) is 14.5 Å². The van der Waals surface area contributed by atoms with Crippen LogP contribution in [0.3, 0.4) is 0 Å². The van der Waals surface area contributed by atoms with Crippen LogP contribution in [0.5, 0.6) is 0 Å². The van der Waals surface area contributed by atoms with Gasteiger partial charge >= 0.3 is 6.18 Å². The van der Waals surface area contributed by atoms with Gasteiger partial charge in [0, 0.05) is 23.8 Å². The van der Waals surface area contributed by atoms with Crippen molar-refractivity contribution >= 4 is 16.7 Å². The number of nitrogens with zero attached hydrogens (tertiary/aromatic N) is 3. The van der Waals surface area contributed by atoms with Crippen LogP contribution < -0.4 is 10.9 Å². The lowest BCUT2D eigenvalue weighted by Gasteiger charge is -2.23. The molecule has 3 aromatic rings. The largest absolute Gasteiger partial charge is 0.416 e. The molecular formula is C21H23F3N4O. The van der Waals surface area contributed by atoms with Gasteiger partial charge in [0.25, 0.3) is 5.56 Å². The highest BCUT2D eigenvalue weighted by molar-refractivity contribution is 5.88. The first-order valence-electron chi connectivity index (χ1n) is 9.21. The molecule has 29 heavy (non-hydrogen) atoms. The van der Waals surface area contributed by atoms with Crippen molar-refractivity contribution in [2.75, 3.05) is 5.32 Å². The molecule has 8 heteroatoms. The molecule has 0 spiro atoms. The Bertz CT molecular complexity index is 1110. The summed E-state index contributed by atoms with van der Waals surface area (Å²) in [5, 5.41) is 3.81. The van der Waals surface area contributed by atoms with E-state index in [0.29, 0.717) is 28.1 Å². The molecule has 0 fully saturated rings. The number of anilines is 1. The van der Waals surface area contributed by atoms with E-state index < -0.39 is 23.3 Å². The summed E-state index contributed by atoms with van der Waals surface area (Å²) in [6.07, 6.45) is -2.71. The van der Waals surface area contributed by atoms with Crippen molar-refractivity contribution in [2.24, 2.45) is 0 Å². The van der Waals surface area contributed by atoms with Crippen LogP contribution in [-0.2, 0) is 11.7 Å². The second kappa shape index (κ2) is 7.17. The zero-order chi connectivity index (χ0) is 21.6. The maximum absolute atomic E-state index is 13.0. The second-order valence-corrected chi connectivity index (χ2v) is 8.06. The first kappa shape index (κ1) is 20.8. The van der Waals surface area contributed by atoms with Crippen LogP contribution in [0, 0.1) is 6.92 Å². The Balaban J connectivity index is 2.07. The first-order valence-corrected chi connectivity index (χ1v) is 9.21. The van der Waals surface area contributed by atoms with Gasteiger partial charge in [-0.05, 0) is 52.3 Å². The molecule has 0 saturated heterocycles. The fourth-order valence-electron chi connectivity index (χ4n) is 3.13. The van der Waals surface area contributed by atoms with Crippen molar-refractivity contribution in [3.05, 3.63) is 63.8 Å². The van der Waals surface area contributed by atoms with Gasteiger partial charge in [0.1, 0.15) is 11.6 Å². The van der Waals surface area contributed by atoms with Gasteiger partial charge in [0.15, 0.2) is 0 Å². The number of benzene rings is 1. The molecule has 0 saturated carbocycles. The zero-order valence-corrected chi connectivity index (χ0v) is 16.9. The third-order valence-electron chi connectivity index (χ3n) is 4.63. The zero-order valence-electron chi connectivity index (χ0n) is 16.9. The lowest BCUT2D eigenvalue weighted by molar-refractivity contribution is -0.137. The standard InChI is InChI=1S/C21H23F3N4O/c1-12(14-7-6-8-15(9-14)21(22,23)24)25-19-16-11-28(20(3,4)5)18(29)10-17(16)26-13(2)27-19/h6-12H,1-5H3,(H,25,26,27)/t12-/m0/s1. The minimum absolute atomic E-state index is 0.181. The molecule has 1 N–H and O–H groups in total. The highest BCUT2D eigenvalue weighted by Gasteiger charge is 2.30. The quantitative estimate of drug-likeness (QED) is 0.664. The summed E-state index contributed by atoms with van der Waals surface area (Å²) in [7, 11) is 0.